The lowest BCUT2D eigenvalue weighted by Gasteiger charge is -2.28. The number of rotatable bonds is 1. The fourth-order valence-corrected chi connectivity index (χ4v) is 2.37. The van der Waals surface area contributed by atoms with E-state index in [4.69, 9.17) is 13.9 Å². The van der Waals surface area contributed by atoms with Gasteiger partial charge in [-0.25, -0.2) is 0 Å². The summed E-state index contributed by atoms with van der Waals surface area (Å²) in [6.45, 7) is 3.87. The monoisotopic (exact) mass is 254 g/mol. The average molecular weight is 254 g/mol. The minimum absolute atomic E-state index is 0.247. The van der Waals surface area contributed by atoms with Crippen LogP contribution in [-0.4, -0.2) is 45.5 Å². The molecular weight excluding hydrogens is 240 g/mol. The summed E-state index contributed by atoms with van der Waals surface area (Å²) in [7, 11) is 0. The largest absolute Gasteiger partial charge is 0.618 e. The van der Waals surface area contributed by atoms with Gasteiger partial charge in [0.15, 0.2) is 5.76 Å². The highest BCUT2D eigenvalue weighted by atomic mass is 16.8. The lowest BCUT2D eigenvalue weighted by molar-refractivity contribution is -0.706. The van der Waals surface area contributed by atoms with Gasteiger partial charge in [-0.05, 0) is 26.0 Å². The van der Waals surface area contributed by atoms with E-state index in [-0.39, 0.29) is 18.9 Å². The molecule has 0 radical (unpaired) electrons. The normalized spacial score (nSPS) is 26.4. The molecule has 0 amide bonds. The standard InChI is InChI=1S/C11H14N2O5/c1-10(2)9(8-4-3-5-16-8)12(14)11(13(10)15)17-6-7-18-11/h3-5,15H,6-7H2,1-2H3. The van der Waals surface area contributed by atoms with Crippen molar-refractivity contribution in [1.29, 1.82) is 0 Å². The average Bonchev–Trinajstić information content (AvgIpc) is 3.00. The molecule has 3 rings (SSSR count). The van der Waals surface area contributed by atoms with Crippen LogP contribution in [0.1, 0.15) is 19.6 Å². The van der Waals surface area contributed by atoms with Crippen molar-refractivity contribution in [3.8, 4) is 0 Å². The molecule has 1 fully saturated rings. The SMILES string of the molecule is CC1(C)C(c2ccco2)=[N+]([O-])C2(OCCO2)N1O. The summed E-state index contributed by atoms with van der Waals surface area (Å²) >= 11 is 0. The third-order valence-corrected chi connectivity index (χ3v) is 3.25. The Balaban J connectivity index is 2.17. The van der Waals surface area contributed by atoms with Gasteiger partial charge in [-0.2, -0.15) is 0 Å². The van der Waals surface area contributed by atoms with Gasteiger partial charge < -0.3 is 14.8 Å². The number of hydroxylamine groups is 3. The number of furan rings is 1. The van der Waals surface area contributed by atoms with Crippen LogP contribution in [-0.2, 0) is 9.47 Å². The molecule has 1 aromatic rings. The van der Waals surface area contributed by atoms with Gasteiger partial charge in [0.05, 0.1) is 19.5 Å². The highest BCUT2D eigenvalue weighted by molar-refractivity contribution is 6.02. The van der Waals surface area contributed by atoms with Gasteiger partial charge in [0.1, 0.15) is 5.54 Å². The molecule has 3 heterocycles. The van der Waals surface area contributed by atoms with E-state index in [0.29, 0.717) is 10.5 Å². The third kappa shape index (κ3) is 1.24. The molecule has 1 spiro atoms. The van der Waals surface area contributed by atoms with Crippen molar-refractivity contribution in [3.05, 3.63) is 29.4 Å². The van der Waals surface area contributed by atoms with Gasteiger partial charge in [-0.15, -0.1) is 4.74 Å². The molecule has 18 heavy (non-hydrogen) atoms. The summed E-state index contributed by atoms with van der Waals surface area (Å²) < 4.78 is 16.4. The van der Waals surface area contributed by atoms with Crippen molar-refractivity contribution < 1.29 is 23.8 Å². The third-order valence-electron chi connectivity index (χ3n) is 3.25. The Morgan fingerprint density at radius 1 is 1.39 bits per heavy atom. The summed E-state index contributed by atoms with van der Waals surface area (Å²) in [5.41, 5.74) is -0.721. The molecule has 0 unspecified atom stereocenters. The van der Waals surface area contributed by atoms with Gasteiger partial charge in [0.25, 0.3) is 5.71 Å². The molecule has 2 aliphatic rings. The van der Waals surface area contributed by atoms with E-state index in [9.17, 15) is 10.4 Å². The van der Waals surface area contributed by atoms with Crippen LogP contribution in [0.5, 0.6) is 0 Å². The summed E-state index contributed by atoms with van der Waals surface area (Å²) in [4.78, 5) is 0. The molecular formula is C11H14N2O5. The summed E-state index contributed by atoms with van der Waals surface area (Å²) in [5.74, 6) is 0.380. The fourth-order valence-electron chi connectivity index (χ4n) is 2.37. The highest BCUT2D eigenvalue weighted by Crippen LogP contribution is 2.38. The first-order chi connectivity index (χ1) is 8.50. The van der Waals surface area contributed by atoms with Crippen molar-refractivity contribution in [2.24, 2.45) is 0 Å². The van der Waals surface area contributed by atoms with Crippen molar-refractivity contribution in [2.75, 3.05) is 13.2 Å². The minimum atomic E-state index is -1.80. The Hall–Kier alpha value is -1.41. The van der Waals surface area contributed by atoms with Crippen LogP contribution in [0.3, 0.4) is 0 Å². The lowest BCUT2D eigenvalue weighted by atomic mass is 9.97. The van der Waals surface area contributed by atoms with E-state index in [2.05, 4.69) is 0 Å². The van der Waals surface area contributed by atoms with Crippen molar-refractivity contribution in [1.82, 2.24) is 5.06 Å². The van der Waals surface area contributed by atoms with Crippen LogP contribution in [0.2, 0.25) is 0 Å². The van der Waals surface area contributed by atoms with Crippen molar-refractivity contribution >= 4 is 5.71 Å². The highest BCUT2D eigenvalue weighted by Gasteiger charge is 2.68. The molecule has 2 aliphatic heterocycles. The van der Waals surface area contributed by atoms with Crippen LogP contribution in [0.25, 0.3) is 0 Å². The molecule has 0 aromatic carbocycles. The summed E-state index contributed by atoms with van der Waals surface area (Å²) in [6, 6.07) is 1.53. The lowest BCUT2D eigenvalue weighted by Crippen LogP contribution is -2.55. The van der Waals surface area contributed by atoms with Crippen LogP contribution in [0.15, 0.2) is 22.8 Å². The Bertz CT molecular complexity index is 488. The molecule has 1 saturated heterocycles. The molecule has 0 aliphatic carbocycles. The zero-order chi connectivity index (χ0) is 13.0. The maximum atomic E-state index is 12.4. The first kappa shape index (κ1) is 11.7. The molecule has 0 bridgehead atoms. The van der Waals surface area contributed by atoms with Crippen LogP contribution >= 0.6 is 0 Å². The van der Waals surface area contributed by atoms with E-state index in [1.165, 1.54) is 6.26 Å². The molecule has 7 nitrogen and oxygen atoms in total. The molecule has 1 N–H and O–H groups in total. The number of nitrogens with zero attached hydrogens (tertiary/aromatic N) is 2. The minimum Gasteiger partial charge on any atom is -0.618 e. The topological polar surface area (TPSA) is 81.1 Å². The number of hydrogen-bond donors (Lipinski definition) is 1. The van der Waals surface area contributed by atoms with Gasteiger partial charge >= 0.3 is 6.03 Å². The Morgan fingerprint density at radius 2 is 2.06 bits per heavy atom. The zero-order valence-electron chi connectivity index (χ0n) is 10.1. The smallest absolute Gasteiger partial charge is 0.493 e. The zero-order valence-corrected chi connectivity index (χ0v) is 10.1. The fraction of sp³-hybridized carbons (Fsp3) is 0.545. The predicted molar refractivity (Wildman–Crippen MR) is 58.8 cm³/mol. The molecule has 0 saturated carbocycles. The van der Waals surface area contributed by atoms with E-state index >= 15 is 0 Å². The van der Waals surface area contributed by atoms with Gasteiger partial charge in [-0.1, -0.05) is 5.06 Å². The van der Waals surface area contributed by atoms with E-state index in [1.807, 2.05) is 0 Å². The Kier molecular flexibility index (Phi) is 2.30. The van der Waals surface area contributed by atoms with Crippen LogP contribution < -0.4 is 0 Å². The van der Waals surface area contributed by atoms with E-state index in [0.717, 1.165) is 5.06 Å². The molecule has 1 aromatic heterocycles. The molecule has 7 heteroatoms. The number of hydrogen-bond acceptors (Lipinski definition) is 6. The number of ether oxygens (including phenoxy) is 2. The maximum absolute atomic E-state index is 12.4. The molecule has 0 atom stereocenters. The second kappa shape index (κ2) is 3.55. The Labute approximate surface area is 103 Å². The van der Waals surface area contributed by atoms with Crippen LogP contribution in [0, 0.1) is 5.21 Å². The predicted octanol–water partition coefficient (Wildman–Crippen LogP) is 0.720. The van der Waals surface area contributed by atoms with Crippen LogP contribution in [0.4, 0.5) is 0 Å². The summed E-state index contributed by atoms with van der Waals surface area (Å²) in [6.07, 6.45) is 1.47. The molecule has 98 valence electrons. The maximum Gasteiger partial charge on any atom is 0.493 e. The Morgan fingerprint density at radius 3 is 2.61 bits per heavy atom. The van der Waals surface area contributed by atoms with Gasteiger partial charge in [-0.3, -0.25) is 9.47 Å². The quantitative estimate of drug-likeness (QED) is 0.587. The summed E-state index contributed by atoms with van der Waals surface area (Å²) in [5, 5.41) is 23.4. The second-order valence-electron chi connectivity index (χ2n) is 4.74. The second-order valence-corrected chi connectivity index (χ2v) is 4.74. The van der Waals surface area contributed by atoms with E-state index in [1.54, 1.807) is 26.0 Å². The first-order valence-electron chi connectivity index (χ1n) is 5.66. The first-order valence-corrected chi connectivity index (χ1v) is 5.66. The van der Waals surface area contributed by atoms with Gasteiger partial charge in [0, 0.05) is 0 Å². The van der Waals surface area contributed by atoms with Gasteiger partial charge in [0.2, 0.25) is 0 Å². The van der Waals surface area contributed by atoms with Crippen molar-refractivity contribution in [2.45, 2.75) is 25.4 Å². The van der Waals surface area contributed by atoms with Crippen molar-refractivity contribution in [3.63, 3.8) is 0 Å². The van der Waals surface area contributed by atoms with E-state index < -0.39 is 11.6 Å².